The molecule has 1 heterocycles. The van der Waals surface area contributed by atoms with Crippen molar-refractivity contribution in [2.24, 2.45) is 0 Å². The lowest BCUT2D eigenvalue weighted by Crippen LogP contribution is -2.24. The maximum atomic E-state index is 12.3. The van der Waals surface area contributed by atoms with Crippen LogP contribution in [0.2, 0.25) is 0 Å². The van der Waals surface area contributed by atoms with Gasteiger partial charge in [0.25, 0.3) is 0 Å². The highest BCUT2D eigenvalue weighted by atomic mass is 32.2. The maximum absolute atomic E-state index is 12.3. The molecule has 0 saturated heterocycles. The number of hydrogen-bond donors (Lipinski definition) is 3. The van der Waals surface area contributed by atoms with Crippen LogP contribution in [-0.4, -0.2) is 41.4 Å². The highest BCUT2D eigenvalue weighted by Crippen LogP contribution is 2.22. The SMILES string of the molecule is CCc1cccc(NC(=O)Cn2cc(S(=O)(=O)NC)c(S(=O)(=O)NC)c2)c1. The Morgan fingerprint density at radius 2 is 1.56 bits per heavy atom. The van der Waals surface area contributed by atoms with E-state index in [0.29, 0.717) is 5.69 Å². The molecule has 0 bridgehead atoms. The molecule has 27 heavy (non-hydrogen) atoms. The van der Waals surface area contributed by atoms with Crippen LogP contribution in [0.3, 0.4) is 0 Å². The Hall–Kier alpha value is -2.21. The number of amides is 1. The molecule has 1 aromatic heterocycles. The van der Waals surface area contributed by atoms with Crippen molar-refractivity contribution in [2.45, 2.75) is 29.7 Å². The Balaban J connectivity index is 2.31. The fourth-order valence-electron chi connectivity index (χ4n) is 2.42. The number of carbonyl (C=O) groups is 1. The van der Waals surface area contributed by atoms with E-state index in [1.165, 1.54) is 18.7 Å². The van der Waals surface area contributed by atoms with Crippen LogP contribution < -0.4 is 14.8 Å². The fraction of sp³-hybridized carbons (Fsp3) is 0.312. The van der Waals surface area contributed by atoms with E-state index in [0.717, 1.165) is 24.4 Å². The van der Waals surface area contributed by atoms with Crippen molar-refractivity contribution in [1.82, 2.24) is 14.0 Å². The minimum absolute atomic E-state index is 0.248. The van der Waals surface area contributed by atoms with Crippen LogP contribution in [0.5, 0.6) is 0 Å². The number of carbonyl (C=O) groups excluding carboxylic acids is 1. The van der Waals surface area contributed by atoms with Gasteiger partial charge in [0.1, 0.15) is 16.3 Å². The second-order valence-corrected chi connectivity index (χ2v) is 9.39. The zero-order chi connectivity index (χ0) is 20.2. The summed E-state index contributed by atoms with van der Waals surface area (Å²) in [6.07, 6.45) is 3.04. The highest BCUT2D eigenvalue weighted by Gasteiger charge is 2.27. The predicted molar refractivity (Wildman–Crippen MR) is 101 cm³/mol. The number of anilines is 1. The molecule has 0 saturated carbocycles. The summed E-state index contributed by atoms with van der Waals surface area (Å²) in [6.45, 7) is 1.75. The highest BCUT2D eigenvalue weighted by molar-refractivity contribution is 7.92. The van der Waals surface area contributed by atoms with Crippen LogP contribution in [0.1, 0.15) is 12.5 Å². The largest absolute Gasteiger partial charge is 0.342 e. The van der Waals surface area contributed by atoms with Crippen molar-refractivity contribution in [2.75, 3.05) is 19.4 Å². The van der Waals surface area contributed by atoms with Gasteiger partial charge in [0, 0.05) is 18.1 Å². The van der Waals surface area contributed by atoms with Gasteiger partial charge in [0.2, 0.25) is 26.0 Å². The molecular weight excluding hydrogens is 392 g/mol. The van der Waals surface area contributed by atoms with Crippen molar-refractivity contribution in [3.63, 3.8) is 0 Å². The predicted octanol–water partition coefficient (Wildman–Crippen LogP) is 0.505. The van der Waals surface area contributed by atoms with Gasteiger partial charge in [-0.1, -0.05) is 19.1 Å². The molecule has 0 fully saturated rings. The summed E-state index contributed by atoms with van der Waals surface area (Å²) in [5, 5.41) is 2.71. The van der Waals surface area contributed by atoms with Crippen LogP contribution in [-0.2, 0) is 37.8 Å². The Morgan fingerprint density at radius 3 is 2.04 bits per heavy atom. The molecule has 2 aromatic rings. The summed E-state index contributed by atoms with van der Waals surface area (Å²) in [5.74, 6) is -0.417. The van der Waals surface area contributed by atoms with E-state index in [1.54, 1.807) is 6.07 Å². The summed E-state index contributed by atoms with van der Waals surface area (Å²) < 4.78 is 53.9. The number of hydrogen-bond acceptors (Lipinski definition) is 5. The van der Waals surface area contributed by atoms with Crippen molar-refractivity contribution in [1.29, 1.82) is 0 Å². The first kappa shape index (κ1) is 21.1. The molecule has 0 aliphatic carbocycles. The minimum atomic E-state index is -4.03. The summed E-state index contributed by atoms with van der Waals surface area (Å²) in [4.78, 5) is 11.4. The first-order chi connectivity index (χ1) is 12.6. The first-order valence-corrected chi connectivity index (χ1v) is 11.0. The molecule has 148 valence electrons. The topological polar surface area (TPSA) is 126 Å². The van der Waals surface area contributed by atoms with E-state index >= 15 is 0 Å². The molecule has 0 aliphatic heterocycles. The number of aryl methyl sites for hydroxylation is 1. The molecule has 0 unspecified atom stereocenters. The third kappa shape index (κ3) is 4.95. The zero-order valence-electron chi connectivity index (χ0n) is 15.2. The molecule has 0 radical (unpaired) electrons. The molecule has 3 N–H and O–H groups in total. The van der Waals surface area contributed by atoms with Crippen molar-refractivity contribution in [3.8, 4) is 0 Å². The minimum Gasteiger partial charge on any atom is -0.342 e. The Morgan fingerprint density at radius 1 is 1.00 bits per heavy atom. The second-order valence-electron chi connectivity index (χ2n) is 5.68. The van der Waals surface area contributed by atoms with Gasteiger partial charge in [-0.05, 0) is 38.2 Å². The Labute approximate surface area is 158 Å². The van der Waals surface area contributed by atoms with Gasteiger partial charge in [-0.15, -0.1) is 0 Å². The van der Waals surface area contributed by atoms with Crippen LogP contribution >= 0.6 is 0 Å². The lowest BCUT2D eigenvalue weighted by atomic mass is 10.1. The standard InChI is InChI=1S/C16H22N4O5S2/c1-4-12-6-5-7-13(8-12)19-16(21)11-20-9-14(26(22,23)17-2)15(10-20)27(24,25)18-3/h5-10,17-18H,4,11H2,1-3H3,(H,19,21). The number of nitrogens with one attached hydrogen (secondary N) is 3. The van der Waals surface area contributed by atoms with E-state index in [2.05, 4.69) is 14.8 Å². The smallest absolute Gasteiger partial charge is 0.244 e. The van der Waals surface area contributed by atoms with Gasteiger partial charge in [-0.3, -0.25) is 4.79 Å². The molecule has 2 rings (SSSR count). The third-order valence-corrected chi connectivity index (χ3v) is 6.88. The van der Waals surface area contributed by atoms with E-state index < -0.39 is 35.7 Å². The molecule has 9 nitrogen and oxygen atoms in total. The Kier molecular flexibility index (Phi) is 6.42. The fourth-order valence-corrected chi connectivity index (χ4v) is 4.70. The summed E-state index contributed by atoms with van der Waals surface area (Å²) in [7, 11) is -5.70. The zero-order valence-corrected chi connectivity index (χ0v) is 16.8. The number of aromatic nitrogens is 1. The molecule has 11 heteroatoms. The van der Waals surface area contributed by atoms with Crippen LogP contribution in [0.4, 0.5) is 5.69 Å². The average Bonchev–Trinajstić information content (AvgIpc) is 3.07. The van der Waals surface area contributed by atoms with Gasteiger partial charge in [0.15, 0.2) is 0 Å². The van der Waals surface area contributed by atoms with Crippen LogP contribution in [0, 0.1) is 0 Å². The number of nitrogens with zero attached hydrogens (tertiary/aromatic N) is 1. The van der Waals surface area contributed by atoms with Crippen LogP contribution in [0.15, 0.2) is 46.5 Å². The molecule has 0 spiro atoms. The monoisotopic (exact) mass is 414 g/mol. The van der Waals surface area contributed by atoms with Gasteiger partial charge in [-0.25, -0.2) is 26.3 Å². The third-order valence-electron chi connectivity index (χ3n) is 3.87. The molecule has 1 aromatic carbocycles. The Bertz CT molecular complexity index is 991. The van der Waals surface area contributed by atoms with Gasteiger partial charge >= 0.3 is 0 Å². The summed E-state index contributed by atoms with van der Waals surface area (Å²) in [6, 6.07) is 7.33. The van der Waals surface area contributed by atoms with E-state index in [1.807, 2.05) is 25.1 Å². The second kappa shape index (κ2) is 8.21. The maximum Gasteiger partial charge on any atom is 0.244 e. The van der Waals surface area contributed by atoms with Crippen molar-refractivity contribution < 1.29 is 21.6 Å². The summed E-state index contributed by atoms with van der Waals surface area (Å²) >= 11 is 0. The lowest BCUT2D eigenvalue weighted by molar-refractivity contribution is -0.116. The van der Waals surface area contributed by atoms with Crippen LogP contribution in [0.25, 0.3) is 0 Å². The summed E-state index contributed by atoms with van der Waals surface area (Å²) in [5.41, 5.74) is 1.66. The lowest BCUT2D eigenvalue weighted by Gasteiger charge is -2.07. The molecule has 1 amide bonds. The average molecular weight is 415 g/mol. The number of benzene rings is 1. The van der Waals surface area contributed by atoms with Gasteiger partial charge in [-0.2, -0.15) is 0 Å². The first-order valence-electron chi connectivity index (χ1n) is 8.08. The molecule has 0 atom stereocenters. The normalized spacial score (nSPS) is 12.1. The van der Waals surface area contributed by atoms with E-state index in [9.17, 15) is 21.6 Å². The van der Waals surface area contributed by atoms with E-state index in [4.69, 9.17) is 0 Å². The van der Waals surface area contributed by atoms with Crippen molar-refractivity contribution >= 4 is 31.6 Å². The number of rotatable bonds is 8. The number of sulfonamides is 2. The van der Waals surface area contributed by atoms with E-state index in [-0.39, 0.29) is 6.54 Å². The quantitative estimate of drug-likeness (QED) is 0.580. The van der Waals surface area contributed by atoms with Gasteiger partial charge in [0.05, 0.1) is 0 Å². The van der Waals surface area contributed by atoms with Gasteiger partial charge < -0.3 is 9.88 Å². The molecule has 0 aliphatic rings. The molecular formula is C16H22N4O5S2. The van der Waals surface area contributed by atoms with Crippen molar-refractivity contribution in [3.05, 3.63) is 42.2 Å².